The highest BCUT2D eigenvalue weighted by Gasteiger charge is 2.41. The van der Waals surface area contributed by atoms with Gasteiger partial charge in [-0.1, -0.05) is 24.3 Å². The van der Waals surface area contributed by atoms with Crippen molar-refractivity contribution in [3.8, 4) is 0 Å². The monoisotopic (exact) mass is 286 g/mol. The van der Waals surface area contributed by atoms with Crippen LogP contribution in [-0.2, 0) is 14.3 Å². The van der Waals surface area contributed by atoms with E-state index in [0.29, 0.717) is 5.57 Å². The maximum atomic E-state index is 13.1. The van der Waals surface area contributed by atoms with Gasteiger partial charge in [-0.2, -0.15) is 0 Å². The molecule has 3 nitrogen and oxygen atoms in total. The highest BCUT2D eigenvalue weighted by Crippen LogP contribution is 2.48. The van der Waals surface area contributed by atoms with Crippen LogP contribution < -0.4 is 0 Å². The molecule has 0 saturated heterocycles. The molecule has 2 unspecified atom stereocenters. The van der Waals surface area contributed by atoms with Crippen LogP contribution in [0.1, 0.15) is 18.9 Å². The quantitative estimate of drug-likeness (QED) is 0.485. The average molecular weight is 286 g/mol. The van der Waals surface area contributed by atoms with Crippen molar-refractivity contribution >= 4 is 17.3 Å². The normalized spacial score (nSPS) is 22.8. The molecule has 4 heteroatoms. The van der Waals surface area contributed by atoms with Gasteiger partial charge in [0.25, 0.3) is 5.78 Å². The summed E-state index contributed by atoms with van der Waals surface area (Å²) in [5.74, 6) is -1.63. The van der Waals surface area contributed by atoms with Crippen LogP contribution in [0.2, 0.25) is 0 Å². The summed E-state index contributed by atoms with van der Waals surface area (Å²) in [4.78, 5) is 24.1. The van der Waals surface area contributed by atoms with Crippen LogP contribution in [0.25, 0.3) is 5.57 Å². The third-order valence-corrected chi connectivity index (χ3v) is 3.98. The van der Waals surface area contributed by atoms with Crippen LogP contribution in [0.3, 0.4) is 0 Å². The highest BCUT2D eigenvalue weighted by atomic mass is 19.1. The lowest BCUT2D eigenvalue weighted by Gasteiger charge is -2.15. The minimum atomic E-state index is -0.812. The maximum absolute atomic E-state index is 13.1. The first-order valence-electron chi connectivity index (χ1n) is 7.01. The molecule has 0 heterocycles. The Balaban J connectivity index is 2.02. The van der Waals surface area contributed by atoms with E-state index in [4.69, 9.17) is 4.74 Å². The molecule has 2 bridgehead atoms. The molecule has 108 valence electrons. The number of benzene rings is 1. The zero-order valence-corrected chi connectivity index (χ0v) is 11.6. The Morgan fingerprint density at radius 2 is 1.86 bits per heavy atom. The van der Waals surface area contributed by atoms with Gasteiger partial charge < -0.3 is 4.74 Å². The highest BCUT2D eigenvalue weighted by molar-refractivity contribution is 6.42. The summed E-state index contributed by atoms with van der Waals surface area (Å²) in [5, 5.41) is 0. The number of halogens is 1. The van der Waals surface area contributed by atoms with Gasteiger partial charge in [-0.3, -0.25) is 4.79 Å². The summed E-state index contributed by atoms with van der Waals surface area (Å²) in [5.41, 5.74) is 2.13. The number of rotatable bonds is 4. The summed E-state index contributed by atoms with van der Waals surface area (Å²) < 4.78 is 17.9. The molecule has 0 radical (unpaired) electrons. The number of ether oxygens (including phenoxy) is 1. The molecular weight excluding hydrogens is 271 g/mol. The van der Waals surface area contributed by atoms with Crippen molar-refractivity contribution in [3.05, 3.63) is 53.4 Å². The summed E-state index contributed by atoms with van der Waals surface area (Å²) in [6.45, 7) is 1.84. The van der Waals surface area contributed by atoms with Gasteiger partial charge in [-0.25, -0.2) is 9.18 Å². The number of Topliss-reactive ketones (excluding diaryl/α,β-unsaturated/α-hetero) is 1. The lowest BCUT2D eigenvalue weighted by molar-refractivity contribution is -0.151. The SMILES string of the molecule is CCOC(=O)C(=O)C1=C(c2ccc(F)cc2)C2C=CC1C2. The van der Waals surface area contributed by atoms with Gasteiger partial charge in [0.2, 0.25) is 0 Å². The molecule has 2 atom stereocenters. The standard InChI is InChI=1S/C17H15FO3/c1-2-21-17(20)16(19)15-12-4-3-11(9-12)14(15)10-5-7-13(18)8-6-10/h3-8,11-12H,2,9H2,1H3. The van der Waals surface area contributed by atoms with E-state index in [1.165, 1.54) is 12.1 Å². The van der Waals surface area contributed by atoms with E-state index in [1.54, 1.807) is 19.1 Å². The van der Waals surface area contributed by atoms with Crippen molar-refractivity contribution in [2.24, 2.45) is 11.8 Å². The molecule has 0 amide bonds. The molecule has 1 aromatic rings. The molecule has 0 aromatic heterocycles. The minimum Gasteiger partial charge on any atom is -0.460 e. The zero-order chi connectivity index (χ0) is 15.0. The van der Waals surface area contributed by atoms with Gasteiger partial charge in [0.1, 0.15) is 5.82 Å². The number of carbonyl (C=O) groups excluding carboxylic acids is 2. The molecule has 0 N–H and O–H groups in total. The van der Waals surface area contributed by atoms with E-state index in [0.717, 1.165) is 17.6 Å². The first-order chi connectivity index (χ1) is 10.1. The molecule has 2 aliphatic carbocycles. The van der Waals surface area contributed by atoms with Crippen LogP contribution >= 0.6 is 0 Å². The Labute approximate surface area is 122 Å². The molecule has 3 rings (SSSR count). The second-order valence-electron chi connectivity index (χ2n) is 5.22. The average Bonchev–Trinajstić information content (AvgIpc) is 3.08. The van der Waals surface area contributed by atoms with Crippen molar-refractivity contribution in [1.29, 1.82) is 0 Å². The summed E-state index contributed by atoms with van der Waals surface area (Å²) in [7, 11) is 0. The van der Waals surface area contributed by atoms with Gasteiger partial charge in [0.05, 0.1) is 6.61 Å². The van der Waals surface area contributed by atoms with Gasteiger partial charge in [-0.05, 0) is 36.6 Å². The van der Waals surface area contributed by atoms with E-state index < -0.39 is 11.8 Å². The number of fused-ring (bicyclic) bond motifs is 2. The van der Waals surface area contributed by atoms with Gasteiger partial charge in [-0.15, -0.1) is 0 Å². The Kier molecular flexibility index (Phi) is 3.45. The summed E-state index contributed by atoms with van der Waals surface area (Å²) in [6, 6.07) is 6.03. The van der Waals surface area contributed by atoms with Crippen molar-refractivity contribution in [2.75, 3.05) is 6.61 Å². The van der Waals surface area contributed by atoms with E-state index >= 15 is 0 Å². The fourth-order valence-corrected chi connectivity index (χ4v) is 3.12. The number of allylic oxidation sites excluding steroid dienone is 3. The molecule has 1 aromatic carbocycles. The number of ketones is 1. The van der Waals surface area contributed by atoms with E-state index in [-0.39, 0.29) is 24.3 Å². The van der Waals surface area contributed by atoms with Crippen molar-refractivity contribution in [1.82, 2.24) is 0 Å². The predicted molar refractivity (Wildman–Crippen MR) is 75.7 cm³/mol. The van der Waals surface area contributed by atoms with Gasteiger partial charge >= 0.3 is 5.97 Å². The molecule has 0 aliphatic heterocycles. The van der Waals surface area contributed by atoms with E-state index in [2.05, 4.69) is 0 Å². The van der Waals surface area contributed by atoms with Crippen LogP contribution in [0.5, 0.6) is 0 Å². The minimum absolute atomic E-state index is 0.0352. The lowest BCUT2D eigenvalue weighted by Crippen LogP contribution is -2.22. The predicted octanol–water partition coefficient (Wildman–Crippen LogP) is 2.92. The molecule has 0 spiro atoms. The number of esters is 1. The largest absolute Gasteiger partial charge is 0.460 e. The van der Waals surface area contributed by atoms with E-state index in [9.17, 15) is 14.0 Å². The van der Waals surface area contributed by atoms with Crippen LogP contribution in [0.15, 0.2) is 42.0 Å². The fourth-order valence-electron chi connectivity index (χ4n) is 3.12. The third kappa shape index (κ3) is 2.31. The first kappa shape index (κ1) is 13.7. The summed E-state index contributed by atoms with van der Waals surface area (Å²) in [6.07, 6.45) is 4.81. The van der Waals surface area contributed by atoms with Crippen molar-refractivity contribution in [3.63, 3.8) is 0 Å². The second kappa shape index (κ2) is 5.28. The molecule has 0 saturated carbocycles. The molecule has 2 aliphatic rings. The first-order valence-corrected chi connectivity index (χ1v) is 7.01. The summed E-state index contributed by atoms with van der Waals surface area (Å²) >= 11 is 0. The Morgan fingerprint density at radius 1 is 1.19 bits per heavy atom. The fraction of sp³-hybridized carbons (Fsp3) is 0.294. The smallest absolute Gasteiger partial charge is 0.379 e. The topological polar surface area (TPSA) is 43.4 Å². The molecule has 0 fully saturated rings. The molecule has 21 heavy (non-hydrogen) atoms. The van der Waals surface area contributed by atoms with Gasteiger partial charge in [0.15, 0.2) is 0 Å². The van der Waals surface area contributed by atoms with Crippen LogP contribution in [0.4, 0.5) is 4.39 Å². The number of hydrogen-bond acceptors (Lipinski definition) is 3. The van der Waals surface area contributed by atoms with Crippen molar-refractivity contribution < 1.29 is 18.7 Å². The zero-order valence-electron chi connectivity index (χ0n) is 11.6. The Bertz CT molecular complexity index is 655. The lowest BCUT2D eigenvalue weighted by atomic mass is 9.89. The van der Waals surface area contributed by atoms with Crippen LogP contribution in [-0.4, -0.2) is 18.4 Å². The third-order valence-electron chi connectivity index (χ3n) is 3.98. The van der Waals surface area contributed by atoms with Crippen LogP contribution in [0, 0.1) is 17.7 Å². The maximum Gasteiger partial charge on any atom is 0.379 e. The van der Waals surface area contributed by atoms with Crippen molar-refractivity contribution in [2.45, 2.75) is 13.3 Å². The second-order valence-corrected chi connectivity index (χ2v) is 5.22. The Morgan fingerprint density at radius 3 is 2.52 bits per heavy atom. The Hall–Kier alpha value is -2.23. The molecular formula is C17H15FO3. The van der Waals surface area contributed by atoms with Gasteiger partial charge in [0, 0.05) is 17.4 Å². The number of carbonyl (C=O) groups is 2. The van der Waals surface area contributed by atoms with E-state index in [1.807, 2.05) is 12.2 Å². The number of hydrogen-bond donors (Lipinski definition) is 0.